The summed E-state index contributed by atoms with van der Waals surface area (Å²) < 4.78 is 15.8. The summed E-state index contributed by atoms with van der Waals surface area (Å²) in [6.07, 6.45) is 0. The summed E-state index contributed by atoms with van der Waals surface area (Å²) in [7, 11) is 0. The van der Waals surface area contributed by atoms with Gasteiger partial charge in [-0.05, 0) is 71.0 Å². The maximum absolute atomic E-state index is 13.4. The lowest BCUT2D eigenvalue weighted by Gasteiger charge is -2.13. The summed E-state index contributed by atoms with van der Waals surface area (Å²) >= 11 is 11.6. The van der Waals surface area contributed by atoms with Crippen molar-refractivity contribution in [2.75, 3.05) is 0 Å². The number of nitrogens with two attached hydrogens (primary N) is 1. The van der Waals surface area contributed by atoms with E-state index in [9.17, 15) is 4.39 Å². The maximum Gasteiger partial charge on any atom is 0.137 e. The molecule has 0 aliphatic heterocycles. The van der Waals surface area contributed by atoms with E-state index in [2.05, 4.69) is 47.8 Å². The van der Waals surface area contributed by atoms with Crippen molar-refractivity contribution in [3.8, 4) is 0 Å². The van der Waals surface area contributed by atoms with Gasteiger partial charge in [-0.1, -0.05) is 12.1 Å². The molecule has 0 amide bonds. The van der Waals surface area contributed by atoms with E-state index >= 15 is 0 Å². The molecule has 0 aliphatic rings. The van der Waals surface area contributed by atoms with Crippen LogP contribution in [0.4, 0.5) is 4.39 Å². The molecule has 0 saturated heterocycles. The molecule has 1 heterocycles. The summed E-state index contributed by atoms with van der Waals surface area (Å²) in [5.74, 6) is -0.302. The van der Waals surface area contributed by atoms with Crippen LogP contribution in [-0.2, 0) is 0 Å². The van der Waals surface area contributed by atoms with Gasteiger partial charge in [-0.25, -0.2) is 4.39 Å². The van der Waals surface area contributed by atoms with Crippen LogP contribution in [0.3, 0.4) is 0 Å². The Hall–Kier alpha value is 0.250. The molecule has 1 aromatic carbocycles. The average Bonchev–Trinajstić information content (AvgIpc) is 2.61. The number of thiophene rings is 1. The first kappa shape index (κ1) is 13.7. The zero-order valence-corrected chi connectivity index (χ0v) is 14.0. The molecule has 0 aliphatic carbocycles. The summed E-state index contributed by atoms with van der Waals surface area (Å²) in [5.41, 5.74) is 7.83. The van der Waals surface area contributed by atoms with E-state index in [1.165, 1.54) is 6.07 Å². The molecule has 90 valence electrons. The third-order valence-electron chi connectivity index (χ3n) is 2.33. The van der Waals surface area contributed by atoms with E-state index in [1.807, 2.05) is 12.1 Å². The van der Waals surface area contributed by atoms with Crippen LogP contribution >= 0.6 is 59.1 Å². The predicted molar refractivity (Wildman–Crippen MR) is 79.8 cm³/mol. The van der Waals surface area contributed by atoms with Gasteiger partial charge in [0.25, 0.3) is 0 Å². The van der Waals surface area contributed by atoms with Gasteiger partial charge < -0.3 is 5.73 Å². The van der Waals surface area contributed by atoms with Crippen molar-refractivity contribution in [3.63, 3.8) is 0 Å². The molecule has 0 spiro atoms. The molecule has 1 atom stereocenters. The van der Waals surface area contributed by atoms with Crippen LogP contribution in [0, 0.1) is 5.82 Å². The van der Waals surface area contributed by atoms with Gasteiger partial charge in [0, 0.05) is 0 Å². The van der Waals surface area contributed by atoms with Crippen molar-refractivity contribution in [3.05, 3.63) is 53.3 Å². The number of hydrogen-bond donors (Lipinski definition) is 1. The van der Waals surface area contributed by atoms with Crippen LogP contribution in [0.2, 0.25) is 0 Å². The van der Waals surface area contributed by atoms with Crippen molar-refractivity contribution in [1.29, 1.82) is 0 Å². The minimum absolute atomic E-state index is 0.302. The molecule has 6 heteroatoms. The monoisotopic (exact) mass is 441 g/mol. The number of hydrogen-bond acceptors (Lipinski definition) is 2. The summed E-state index contributed by atoms with van der Waals surface area (Å²) in [4.78, 5) is 0. The largest absolute Gasteiger partial charge is 0.320 e. The zero-order valence-electron chi connectivity index (χ0n) is 8.38. The summed E-state index contributed by atoms with van der Waals surface area (Å²) in [6.45, 7) is 0. The van der Waals surface area contributed by atoms with E-state index in [4.69, 9.17) is 5.73 Å². The first-order valence-electron chi connectivity index (χ1n) is 4.65. The number of halogens is 4. The van der Waals surface area contributed by atoms with Gasteiger partial charge in [-0.15, -0.1) is 11.3 Å². The fraction of sp³-hybridized carbons (Fsp3) is 0.0909. The quantitative estimate of drug-likeness (QED) is 0.676. The van der Waals surface area contributed by atoms with Crippen molar-refractivity contribution in [2.24, 2.45) is 5.73 Å². The van der Waals surface area contributed by atoms with Crippen LogP contribution < -0.4 is 5.73 Å². The van der Waals surface area contributed by atoms with Crippen molar-refractivity contribution in [1.82, 2.24) is 0 Å². The van der Waals surface area contributed by atoms with E-state index in [-0.39, 0.29) is 11.9 Å². The third kappa shape index (κ3) is 2.81. The van der Waals surface area contributed by atoms with Gasteiger partial charge in [-0.3, -0.25) is 0 Å². The van der Waals surface area contributed by atoms with Crippen LogP contribution in [0.25, 0.3) is 0 Å². The second-order valence-corrected chi connectivity index (χ2v) is 7.94. The highest BCUT2D eigenvalue weighted by molar-refractivity contribution is 9.12. The van der Waals surface area contributed by atoms with Crippen molar-refractivity contribution < 1.29 is 4.39 Å². The molecule has 2 rings (SSSR count). The second-order valence-electron chi connectivity index (χ2n) is 3.40. The normalized spacial score (nSPS) is 12.8. The predicted octanol–water partition coefficient (Wildman–Crippen LogP) is 5.22. The van der Waals surface area contributed by atoms with E-state index < -0.39 is 0 Å². The first-order chi connectivity index (χ1) is 8.00. The minimum Gasteiger partial charge on any atom is -0.320 e. The summed E-state index contributed by atoms with van der Waals surface area (Å²) in [6, 6.07) is 6.45. The Kier molecular flexibility index (Phi) is 4.41. The van der Waals surface area contributed by atoms with Crippen LogP contribution in [0.1, 0.15) is 17.2 Å². The smallest absolute Gasteiger partial charge is 0.137 e. The lowest BCUT2D eigenvalue weighted by molar-refractivity contribution is 0.616. The molecular formula is C11H7Br3FNS. The molecule has 0 radical (unpaired) electrons. The zero-order chi connectivity index (χ0) is 12.6. The molecule has 0 fully saturated rings. The van der Waals surface area contributed by atoms with Crippen LogP contribution in [-0.4, -0.2) is 0 Å². The van der Waals surface area contributed by atoms with E-state index in [0.29, 0.717) is 4.47 Å². The Morgan fingerprint density at radius 3 is 2.47 bits per heavy atom. The fourth-order valence-corrected chi connectivity index (χ4v) is 4.93. The highest BCUT2D eigenvalue weighted by atomic mass is 79.9. The molecule has 1 aromatic heterocycles. The van der Waals surface area contributed by atoms with Gasteiger partial charge in [0.15, 0.2) is 0 Å². The lowest BCUT2D eigenvalue weighted by atomic mass is 10.0. The van der Waals surface area contributed by atoms with Gasteiger partial charge in [0.1, 0.15) is 5.82 Å². The van der Waals surface area contributed by atoms with Gasteiger partial charge in [-0.2, -0.15) is 0 Å². The Morgan fingerprint density at radius 2 is 1.88 bits per heavy atom. The molecule has 2 aromatic rings. The Bertz CT molecular complexity index is 556. The second kappa shape index (κ2) is 5.48. The SMILES string of the molecule is NC(c1cc(Br)sc1Br)c1cccc(F)c1Br. The van der Waals surface area contributed by atoms with Crippen LogP contribution in [0.5, 0.6) is 0 Å². The Morgan fingerprint density at radius 1 is 1.18 bits per heavy atom. The topological polar surface area (TPSA) is 26.0 Å². The number of rotatable bonds is 2. The van der Waals surface area contributed by atoms with E-state index in [1.54, 1.807) is 17.4 Å². The van der Waals surface area contributed by atoms with Crippen LogP contribution in [0.15, 0.2) is 36.3 Å². The molecule has 1 nitrogen and oxygen atoms in total. The first-order valence-corrected chi connectivity index (χ1v) is 7.84. The minimum atomic E-state index is -0.364. The fourth-order valence-electron chi connectivity index (χ4n) is 1.49. The molecule has 17 heavy (non-hydrogen) atoms. The molecule has 0 saturated carbocycles. The maximum atomic E-state index is 13.4. The standard InChI is InChI=1S/C11H7Br3FNS/c12-8-4-6(11(14)17-8)10(16)5-2-1-3-7(15)9(5)13/h1-4,10H,16H2. The van der Waals surface area contributed by atoms with Gasteiger partial charge >= 0.3 is 0 Å². The summed E-state index contributed by atoms with van der Waals surface area (Å²) in [5, 5.41) is 0. The van der Waals surface area contributed by atoms with Gasteiger partial charge in [0.2, 0.25) is 0 Å². The van der Waals surface area contributed by atoms with Crippen molar-refractivity contribution in [2.45, 2.75) is 6.04 Å². The Labute approximate surface area is 128 Å². The highest BCUT2D eigenvalue weighted by Crippen LogP contribution is 2.38. The van der Waals surface area contributed by atoms with Gasteiger partial charge in [0.05, 0.1) is 18.1 Å². The Balaban J connectivity index is 2.47. The average molecular weight is 444 g/mol. The molecule has 0 bridgehead atoms. The lowest BCUT2D eigenvalue weighted by Crippen LogP contribution is -2.12. The number of benzene rings is 1. The molecule has 1 unspecified atom stereocenters. The highest BCUT2D eigenvalue weighted by Gasteiger charge is 2.18. The molecular weight excluding hydrogens is 437 g/mol. The van der Waals surface area contributed by atoms with E-state index in [0.717, 1.165) is 18.7 Å². The molecule has 2 N–H and O–H groups in total. The third-order valence-corrected chi connectivity index (χ3v) is 5.56. The van der Waals surface area contributed by atoms with Crippen molar-refractivity contribution >= 4 is 59.1 Å².